The minimum absolute atomic E-state index is 0.00804. The third kappa shape index (κ3) is 3.92. The van der Waals surface area contributed by atoms with Crippen molar-refractivity contribution < 1.29 is 9.53 Å². The van der Waals surface area contributed by atoms with Gasteiger partial charge < -0.3 is 15.0 Å². The minimum atomic E-state index is -0.434. The number of aromatic amines is 1. The molecule has 0 saturated heterocycles. The van der Waals surface area contributed by atoms with Crippen molar-refractivity contribution in [2.24, 2.45) is 0 Å². The van der Waals surface area contributed by atoms with Crippen LogP contribution in [0.15, 0.2) is 41.5 Å². The molecule has 2 N–H and O–H groups in total. The average Bonchev–Trinajstić information content (AvgIpc) is 2.46. The summed E-state index contributed by atoms with van der Waals surface area (Å²) < 4.78 is 5.58. The van der Waals surface area contributed by atoms with E-state index in [1.165, 1.54) is 12.3 Å². The summed E-state index contributed by atoms with van der Waals surface area (Å²) in [5.74, 6) is 0.0472. The highest BCUT2D eigenvalue weighted by atomic mass is 16.5. The van der Waals surface area contributed by atoms with Gasteiger partial charge in [-0.1, -0.05) is 6.07 Å². The summed E-state index contributed by atoms with van der Waals surface area (Å²) in [6.45, 7) is 4.05. The SMILES string of the molecule is CC(C)Oc1ncccc1CNC(=O)c1ccc[nH]c1=O. The zero-order valence-electron chi connectivity index (χ0n) is 11.9. The predicted molar refractivity (Wildman–Crippen MR) is 78.2 cm³/mol. The largest absolute Gasteiger partial charge is 0.475 e. The summed E-state index contributed by atoms with van der Waals surface area (Å²) in [5, 5.41) is 2.69. The first-order chi connectivity index (χ1) is 10.1. The molecule has 110 valence electrons. The van der Waals surface area contributed by atoms with Crippen molar-refractivity contribution in [3.8, 4) is 5.88 Å². The molecule has 2 aromatic rings. The molecule has 6 nitrogen and oxygen atoms in total. The summed E-state index contributed by atoms with van der Waals surface area (Å²) in [7, 11) is 0. The zero-order valence-corrected chi connectivity index (χ0v) is 11.9. The average molecular weight is 287 g/mol. The molecule has 0 atom stereocenters. The number of rotatable bonds is 5. The predicted octanol–water partition coefficient (Wildman–Crippen LogP) is 1.49. The molecular formula is C15H17N3O3. The van der Waals surface area contributed by atoms with E-state index in [-0.39, 0.29) is 18.2 Å². The molecule has 6 heteroatoms. The van der Waals surface area contributed by atoms with Crippen LogP contribution in [0.1, 0.15) is 29.8 Å². The Labute approximate surface area is 122 Å². The van der Waals surface area contributed by atoms with Crippen LogP contribution in [0.4, 0.5) is 0 Å². The highest BCUT2D eigenvalue weighted by Crippen LogP contribution is 2.15. The second-order valence-corrected chi connectivity index (χ2v) is 4.73. The quantitative estimate of drug-likeness (QED) is 0.872. The van der Waals surface area contributed by atoms with Gasteiger partial charge >= 0.3 is 0 Å². The normalized spacial score (nSPS) is 10.4. The van der Waals surface area contributed by atoms with Crippen molar-refractivity contribution in [2.75, 3.05) is 0 Å². The molecule has 0 aliphatic rings. The fourth-order valence-electron chi connectivity index (χ4n) is 1.76. The molecule has 0 aliphatic heterocycles. The van der Waals surface area contributed by atoms with Gasteiger partial charge in [0.05, 0.1) is 6.10 Å². The number of aromatic nitrogens is 2. The van der Waals surface area contributed by atoms with E-state index in [2.05, 4.69) is 15.3 Å². The summed E-state index contributed by atoms with van der Waals surface area (Å²) in [4.78, 5) is 30.1. The second kappa shape index (κ2) is 6.69. The summed E-state index contributed by atoms with van der Waals surface area (Å²) in [6.07, 6.45) is 3.10. The van der Waals surface area contributed by atoms with Crippen LogP contribution in [-0.4, -0.2) is 22.0 Å². The molecule has 0 aromatic carbocycles. The number of carbonyl (C=O) groups excluding carboxylic acids is 1. The van der Waals surface area contributed by atoms with Crippen LogP contribution >= 0.6 is 0 Å². The summed E-state index contributed by atoms with van der Waals surface area (Å²) in [6, 6.07) is 6.67. The molecule has 0 radical (unpaired) electrons. The van der Waals surface area contributed by atoms with E-state index in [0.29, 0.717) is 5.88 Å². The van der Waals surface area contributed by atoms with Crippen LogP contribution in [0.25, 0.3) is 0 Å². The van der Waals surface area contributed by atoms with Gasteiger partial charge in [0.25, 0.3) is 11.5 Å². The van der Waals surface area contributed by atoms with Crippen molar-refractivity contribution >= 4 is 5.91 Å². The molecule has 0 unspecified atom stereocenters. The first-order valence-electron chi connectivity index (χ1n) is 6.64. The highest BCUT2D eigenvalue weighted by Gasteiger charge is 2.11. The molecule has 0 fully saturated rings. The van der Waals surface area contributed by atoms with Gasteiger partial charge in [0.2, 0.25) is 5.88 Å². The van der Waals surface area contributed by atoms with Crippen LogP contribution in [-0.2, 0) is 6.54 Å². The Hall–Kier alpha value is -2.63. The maximum Gasteiger partial charge on any atom is 0.260 e. The maximum absolute atomic E-state index is 12.0. The van der Waals surface area contributed by atoms with Gasteiger partial charge in [-0.3, -0.25) is 9.59 Å². The van der Waals surface area contributed by atoms with Crippen molar-refractivity contribution in [3.63, 3.8) is 0 Å². The first-order valence-corrected chi connectivity index (χ1v) is 6.64. The van der Waals surface area contributed by atoms with Gasteiger partial charge in [-0.15, -0.1) is 0 Å². The lowest BCUT2D eigenvalue weighted by Crippen LogP contribution is -2.29. The number of nitrogens with zero attached hydrogens (tertiary/aromatic N) is 1. The van der Waals surface area contributed by atoms with Crippen molar-refractivity contribution in [3.05, 3.63) is 58.1 Å². The molecule has 2 heterocycles. The third-order valence-corrected chi connectivity index (χ3v) is 2.70. The number of ether oxygens (including phenoxy) is 1. The number of H-pyrrole nitrogens is 1. The van der Waals surface area contributed by atoms with E-state index < -0.39 is 11.5 Å². The molecule has 0 saturated carbocycles. The zero-order chi connectivity index (χ0) is 15.2. The van der Waals surface area contributed by atoms with E-state index in [1.807, 2.05) is 19.9 Å². The number of carbonyl (C=O) groups is 1. The van der Waals surface area contributed by atoms with Crippen LogP contribution in [0.5, 0.6) is 5.88 Å². The Balaban J connectivity index is 2.08. The van der Waals surface area contributed by atoms with Gasteiger partial charge in [-0.25, -0.2) is 4.98 Å². The molecule has 0 aliphatic carbocycles. The van der Waals surface area contributed by atoms with Crippen LogP contribution in [0, 0.1) is 0 Å². The summed E-state index contributed by atoms with van der Waals surface area (Å²) >= 11 is 0. The highest BCUT2D eigenvalue weighted by molar-refractivity contribution is 5.93. The van der Waals surface area contributed by atoms with E-state index in [1.54, 1.807) is 18.3 Å². The van der Waals surface area contributed by atoms with Gasteiger partial charge in [0, 0.05) is 24.5 Å². The summed E-state index contributed by atoms with van der Waals surface area (Å²) in [5.41, 5.74) is 0.416. The number of pyridine rings is 2. The van der Waals surface area contributed by atoms with Gasteiger partial charge in [-0.05, 0) is 32.0 Å². The Morgan fingerprint density at radius 1 is 1.38 bits per heavy atom. The Morgan fingerprint density at radius 2 is 2.19 bits per heavy atom. The smallest absolute Gasteiger partial charge is 0.260 e. The fourth-order valence-corrected chi connectivity index (χ4v) is 1.76. The second-order valence-electron chi connectivity index (χ2n) is 4.73. The van der Waals surface area contributed by atoms with E-state index >= 15 is 0 Å². The van der Waals surface area contributed by atoms with Gasteiger partial charge in [-0.2, -0.15) is 0 Å². The number of nitrogens with one attached hydrogen (secondary N) is 2. The number of hydrogen-bond acceptors (Lipinski definition) is 4. The molecular weight excluding hydrogens is 270 g/mol. The van der Waals surface area contributed by atoms with Crippen LogP contribution < -0.4 is 15.6 Å². The van der Waals surface area contributed by atoms with Crippen LogP contribution in [0.3, 0.4) is 0 Å². The molecule has 2 aromatic heterocycles. The van der Waals surface area contributed by atoms with E-state index in [0.717, 1.165) is 5.56 Å². The van der Waals surface area contributed by atoms with Crippen molar-refractivity contribution in [1.82, 2.24) is 15.3 Å². The fraction of sp³-hybridized carbons (Fsp3) is 0.267. The number of hydrogen-bond donors (Lipinski definition) is 2. The Kier molecular flexibility index (Phi) is 4.71. The monoisotopic (exact) mass is 287 g/mol. The van der Waals surface area contributed by atoms with Gasteiger partial charge in [0.15, 0.2) is 0 Å². The Morgan fingerprint density at radius 3 is 2.90 bits per heavy atom. The van der Waals surface area contributed by atoms with Crippen LogP contribution in [0.2, 0.25) is 0 Å². The maximum atomic E-state index is 12.0. The van der Waals surface area contributed by atoms with E-state index in [4.69, 9.17) is 4.74 Å². The van der Waals surface area contributed by atoms with Gasteiger partial charge in [0.1, 0.15) is 5.56 Å². The lowest BCUT2D eigenvalue weighted by Gasteiger charge is -2.13. The Bertz CT molecular complexity index is 680. The van der Waals surface area contributed by atoms with Crippen molar-refractivity contribution in [1.29, 1.82) is 0 Å². The molecule has 0 bridgehead atoms. The minimum Gasteiger partial charge on any atom is -0.475 e. The standard InChI is InChI=1S/C15H17N3O3/c1-10(2)21-15-11(5-3-8-17-15)9-18-14(20)12-6-4-7-16-13(12)19/h3-8,10H,9H2,1-2H3,(H,16,19)(H,18,20). The molecule has 2 rings (SSSR count). The van der Waals surface area contributed by atoms with E-state index in [9.17, 15) is 9.59 Å². The third-order valence-electron chi connectivity index (χ3n) is 2.70. The molecule has 0 spiro atoms. The number of amides is 1. The lowest BCUT2D eigenvalue weighted by molar-refractivity contribution is 0.0949. The molecule has 21 heavy (non-hydrogen) atoms. The van der Waals surface area contributed by atoms with Crippen molar-refractivity contribution in [2.45, 2.75) is 26.5 Å². The first kappa shape index (κ1) is 14.8. The molecule has 1 amide bonds. The lowest BCUT2D eigenvalue weighted by atomic mass is 10.2. The topological polar surface area (TPSA) is 84.1 Å².